The Morgan fingerprint density at radius 3 is 1.26 bits per heavy atom. The third-order valence-corrected chi connectivity index (χ3v) is 10.4. The summed E-state index contributed by atoms with van der Waals surface area (Å²) in [6.07, 6.45) is 0. The SMILES string of the molecule is O=C1c2cccc3c(N4CCNCC4)ccc(c23)C(=O)N1CCNCCNCCN1C(=O)c2cccc3c(N4CCNCC4)ccc(c23)C1=O. The van der Waals surface area contributed by atoms with E-state index in [0.29, 0.717) is 48.4 Å². The smallest absolute Gasteiger partial charge is 0.261 e. The number of rotatable bonds is 11. The molecule has 12 heteroatoms. The minimum absolute atomic E-state index is 0.255. The minimum Gasteiger partial charge on any atom is -0.368 e. The van der Waals surface area contributed by atoms with Crippen LogP contribution in [0.5, 0.6) is 0 Å². The van der Waals surface area contributed by atoms with Crippen molar-refractivity contribution in [3.8, 4) is 0 Å². The number of carbonyl (C=O) groups is 4. The lowest BCUT2D eigenvalue weighted by molar-refractivity contribution is 0.0595. The molecule has 0 aromatic heterocycles. The van der Waals surface area contributed by atoms with Crippen molar-refractivity contribution < 1.29 is 19.2 Å². The first-order valence-corrected chi connectivity index (χ1v) is 17.7. The van der Waals surface area contributed by atoms with Crippen LogP contribution in [0.3, 0.4) is 0 Å². The average molecular weight is 675 g/mol. The van der Waals surface area contributed by atoms with Gasteiger partial charge in [-0.3, -0.25) is 29.0 Å². The fourth-order valence-corrected chi connectivity index (χ4v) is 7.84. The molecular formula is C38H42N8O4. The Morgan fingerprint density at radius 1 is 0.480 bits per heavy atom. The number of hydrogen-bond donors (Lipinski definition) is 4. The molecule has 50 heavy (non-hydrogen) atoms. The summed E-state index contributed by atoms with van der Waals surface area (Å²) in [5, 5.41) is 16.8. The van der Waals surface area contributed by atoms with Gasteiger partial charge in [0.2, 0.25) is 0 Å². The second-order valence-corrected chi connectivity index (χ2v) is 13.2. The van der Waals surface area contributed by atoms with Crippen LogP contribution in [0.2, 0.25) is 0 Å². The van der Waals surface area contributed by atoms with E-state index >= 15 is 0 Å². The molecule has 0 spiro atoms. The zero-order valence-electron chi connectivity index (χ0n) is 28.1. The molecule has 0 radical (unpaired) electrons. The van der Waals surface area contributed by atoms with Crippen molar-refractivity contribution in [3.05, 3.63) is 82.9 Å². The monoisotopic (exact) mass is 674 g/mol. The lowest BCUT2D eigenvalue weighted by Crippen LogP contribution is -2.46. The van der Waals surface area contributed by atoms with Gasteiger partial charge in [-0.05, 0) is 36.4 Å². The third-order valence-electron chi connectivity index (χ3n) is 10.4. The predicted molar refractivity (Wildman–Crippen MR) is 195 cm³/mol. The summed E-state index contributed by atoms with van der Waals surface area (Å²) in [4.78, 5) is 61.3. The highest BCUT2D eigenvalue weighted by atomic mass is 16.2. The second kappa shape index (κ2) is 13.8. The van der Waals surface area contributed by atoms with E-state index in [4.69, 9.17) is 0 Å². The number of anilines is 2. The Bertz CT molecular complexity index is 1810. The third kappa shape index (κ3) is 5.67. The highest BCUT2D eigenvalue weighted by Gasteiger charge is 2.35. The first kappa shape index (κ1) is 32.3. The number of carbonyl (C=O) groups excluding carboxylic acids is 4. The Kier molecular flexibility index (Phi) is 8.92. The maximum atomic E-state index is 13.5. The van der Waals surface area contributed by atoms with Crippen LogP contribution in [-0.4, -0.2) is 125 Å². The highest BCUT2D eigenvalue weighted by Crippen LogP contribution is 2.37. The van der Waals surface area contributed by atoms with Gasteiger partial charge in [-0.2, -0.15) is 0 Å². The van der Waals surface area contributed by atoms with Gasteiger partial charge in [0.1, 0.15) is 0 Å². The summed E-state index contributed by atoms with van der Waals surface area (Å²) in [5.41, 5.74) is 4.39. The van der Waals surface area contributed by atoms with Crippen molar-refractivity contribution in [3.63, 3.8) is 0 Å². The summed E-state index contributed by atoms with van der Waals surface area (Å²) in [6.45, 7) is 9.72. The molecule has 0 unspecified atom stereocenters. The Hall–Kier alpha value is -4.88. The fourth-order valence-electron chi connectivity index (χ4n) is 7.84. The Labute approximate surface area is 290 Å². The molecule has 4 aliphatic heterocycles. The van der Waals surface area contributed by atoms with Crippen LogP contribution in [0.15, 0.2) is 60.7 Å². The van der Waals surface area contributed by atoms with Gasteiger partial charge in [-0.15, -0.1) is 0 Å². The Morgan fingerprint density at radius 2 is 0.860 bits per heavy atom. The lowest BCUT2D eigenvalue weighted by atomic mass is 9.92. The van der Waals surface area contributed by atoms with Crippen LogP contribution in [0, 0.1) is 0 Å². The average Bonchev–Trinajstić information content (AvgIpc) is 3.16. The van der Waals surface area contributed by atoms with Crippen molar-refractivity contribution in [1.82, 2.24) is 31.1 Å². The molecule has 4 aromatic carbocycles. The molecule has 4 amide bonds. The van der Waals surface area contributed by atoms with Gasteiger partial charge in [0, 0.05) is 147 Å². The summed E-state index contributed by atoms with van der Waals surface area (Å²) in [6, 6.07) is 19.2. The molecule has 258 valence electrons. The number of hydrogen-bond acceptors (Lipinski definition) is 10. The quantitative estimate of drug-likeness (QED) is 0.138. The van der Waals surface area contributed by atoms with Crippen LogP contribution in [0.25, 0.3) is 21.5 Å². The molecule has 2 fully saturated rings. The van der Waals surface area contributed by atoms with Gasteiger partial charge >= 0.3 is 0 Å². The first-order valence-electron chi connectivity index (χ1n) is 17.7. The summed E-state index contributed by atoms with van der Waals surface area (Å²) < 4.78 is 0. The standard InChI is InChI=1S/C38H42N8O4/c47-35-27-5-1-3-25-31(43-19-13-41-14-20-43)9-7-29(33(25)27)37(49)45(35)23-17-39-11-12-40-18-24-46-36(48)28-6-2-4-26-32(44-21-15-42-16-22-44)10-8-30(34(26)28)38(46)50/h1-10,39-42H,11-24H2. The van der Waals surface area contributed by atoms with Crippen molar-refractivity contribution in [2.45, 2.75) is 0 Å². The predicted octanol–water partition coefficient (Wildman–Crippen LogP) is 1.88. The van der Waals surface area contributed by atoms with Crippen molar-refractivity contribution in [1.29, 1.82) is 0 Å². The summed E-state index contributed by atoms with van der Waals surface area (Å²) >= 11 is 0. The van der Waals surface area contributed by atoms with Crippen LogP contribution >= 0.6 is 0 Å². The lowest BCUT2D eigenvalue weighted by Gasteiger charge is -2.33. The maximum absolute atomic E-state index is 13.5. The molecular weight excluding hydrogens is 632 g/mol. The van der Waals surface area contributed by atoms with Crippen LogP contribution < -0.4 is 31.1 Å². The van der Waals surface area contributed by atoms with E-state index in [0.717, 1.165) is 85.3 Å². The molecule has 0 bridgehead atoms. The zero-order chi connectivity index (χ0) is 34.2. The maximum Gasteiger partial charge on any atom is 0.261 e. The van der Waals surface area contributed by atoms with Crippen molar-refractivity contribution in [2.75, 3.05) is 101 Å². The van der Waals surface area contributed by atoms with Crippen LogP contribution in [0.1, 0.15) is 41.4 Å². The highest BCUT2D eigenvalue weighted by molar-refractivity contribution is 6.28. The molecule has 4 N–H and O–H groups in total. The fraction of sp³-hybridized carbons (Fsp3) is 0.368. The van der Waals surface area contributed by atoms with Crippen LogP contribution in [0.4, 0.5) is 11.4 Å². The van der Waals surface area contributed by atoms with Gasteiger partial charge in [0.05, 0.1) is 0 Å². The van der Waals surface area contributed by atoms with Gasteiger partial charge in [-0.1, -0.05) is 24.3 Å². The molecule has 12 nitrogen and oxygen atoms in total. The zero-order valence-corrected chi connectivity index (χ0v) is 28.1. The minimum atomic E-state index is -0.265. The first-order chi connectivity index (χ1) is 24.5. The van der Waals surface area contributed by atoms with E-state index < -0.39 is 0 Å². The summed E-state index contributed by atoms with van der Waals surface area (Å²) in [5.74, 6) is -1.06. The molecule has 2 saturated heterocycles. The largest absolute Gasteiger partial charge is 0.368 e. The van der Waals surface area contributed by atoms with E-state index in [1.165, 1.54) is 9.80 Å². The van der Waals surface area contributed by atoms with Crippen molar-refractivity contribution >= 4 is 56.5 Å². The number of amides is 4. The van der Waals surface area contributed by atoms with E-state index in [2.05, 4.69) is 31.1 Å². The topological polar surface area (TPSA) is 129 Å². The molecule has 0 atom stereocenters. The molecule has 0 aliphatic carbocycles. The molecule has 8 rings (SSSR count). The number of benzene rings is 4. The molecule has 4 heterocycles. The van der Waals surface area contributed by atoms with Gasteiger partial charge in [-0.25, -0.2) is 0 Å². The molecule has 4 aromatic rings. The van der Waals surface area contributed by atoms with Gasteiger partial charge in [0.25, 0.3) is 23.6 Å². The van der Waals surface area contributed by atoms with E-state index in [1.807, 2.05) is 60.7 Å². The number of nitrogens with one attached hydrogen (secondary N) is 4. The van der Waals surface area contributed by atoms with Crippen LogP contribution in [-0.2, 0) is 0 Å². The molecule has 0 saturated carbocycles. The molecule has 4 aliphatic rings. The Balaban J connectivity index is 0.832. The second-order valence-electron chi connectivity index (χ2n) is 13.2. The summed E-state index contributed by atoms with van der Waals surface area (Å²) in [7, 11) is 0. The van der Waals surface area contributed by atoms with E-state index in [1.54, 1.807) is 0 Å². The van der Waals surface area contributed by atoms with Gasteiger partial charge in [0.15, 0.2) is 0 Å². The van der Waals surface area contributed by atoms with Gasteiger partial charge < -0.3 is 31.1 Å². The normalized spacial score (nSPS) is 17.8. The number of piperazine rings is 2. The van der Waals surface area contributed by atoms with E-state index in [9.17, 15) is 19.2 Å². The number of nitrogens with zero attached hydrogens (tertiary/aromatic N) is 4. The van der Waals surface area contributed by atoms with E-state index in [-0.39, 0.29) is 36.7 Å². The number of imide groups is 2. The van der Waals surface area contributed by atoms with Crippen molar-refractivity contribution in [2.24, 2.45) is 0 Å².